The van der Waals surface area contributed by atoms with E-state index in [4.69, 9.17) is 10.3 Å². The van der Waals surface area contributed by atoms with E-state index in [0.717, 1.165) is 10.6 Å². The molecule has 0 atom stereocenters. The predicted molar refractivity (Wildman–Crippen MR) is 83.4 cm³/mol. The molecule has 3 N–H and O–H groups in total. The summed E-state index contributed by atoms with van der Waals surface area (Å²) in [5.74, 6) is 1.01. The third-order valence-electron chi connectivity index (χ3n) is 2.64. The number of rotatable bonds is 7. The summed E-state index contributed by atoms with van der Waals surface area (Å²) in [5.41, 5.74) is 7.01. The molecule has 0 aliphatic rings. The van der Waals surface area contributed by atoms with E-state index >= 15 is 0 Å². The standard InChI is InChI=1S/C13H17N3O3S2/c1-10-8-12(19-16-10)9-15-21(17,18)7-6-20-13-4-2-11(14)3-5-13/h2-5,8,15H,6-7,9,14H2,1H3. The summed E-state index contributed by atoms with van der Waals surface area (Å²) in [6.07, 6.45) is 0. The minimum atomic E-state index is -3.33. The average Bonchev–Trinajstić information content (AvgIpc) is 2.85. The van der Waals surface area contributed by atoms with Crippen LogP contribution in [0.15, 0.2) is 39.8 Å². The number of anilines is 1. The second-order valence-electron chi connectivity index (χ2n) is 4.49. The Morgan fingerprint density at radius 1 is 1.33 bits per heavy atom. The predicted octanol–water partition coefficient (Wildman–Crippen LogP) is 1.78. The lowest BCUT2D eigenvalue weighted by Crippen LogP contribution is -2.26. The maximum atomic E-state index is 11.8. The van der Waals surface area contributed by atoms with E-state index in [0.29, 0.717) is 17.2 Å². The largest absolute Gasteiger partial charge is 0.399 e. The average molecular weight is 327 g/mol. The van der Waals surface area contributed by atoms with Crippen LogP contribution in [0.25, 0.3) is 0 Å². The van der Waals surface area contributed by atoms with Gasteiger partial charge in [0.05, 0.1) is 18.0 Å². The lowest BCUT2D eigenvalue weighted by molar-refractivity contribution is 0.377. The Hall–Kier alpha value is -1.51. The van der Waals surface area contributed by atoms with Crippen molar-refractivity contribution in [2.45, 2.75) is 18.4 Å². The van der Waals surface area contributed by atoms with Gasteiger partial charge in [-0.3, -0.25) is 0 Å². The van der Waals surface area contributed by atoms with Crippen LogP contribution in [0.4, 0.5) is 5.69 Å². The summed E-state index contributed by atoms with van der Waals surface area (Å²) < 4.78 is 31.1. The first-order valence-electron chi connectivity index (χ1n) is 6.32. The fourth-order valence-electron chi connectivity index (χ4n) is 1.59. The molecule has 114 valence electrons. The van der Waals surface area contributed by atoms with E-state index in [-0.39, 0.29) is 12.3 Å². The Bertz CT molecular complexity index is 681. The maximum absolute atomic E-state index is 11.8. The van der Waals surface area contributed by atoms with E-state index in [2.05, 4.69) is 9.88 Å². The molecule has 0 unspecified atom stereocenters. The van der Waals surface area contributed by atoms with Crippen LogP contribution in [0.3, 0.4) is 0 Å². The molecule has 21 heavy (non-hydrogen) atoms. The molecule has 0 aliphatic carbocycles. The van der Waals surface area contributed by atoms with Gasteiger partial charge in [0, 0.05) is 22.4 Å². The number of aromatic nitrogens is 1. The Balaban J connectivity index is 1.77. The lowest BCUT2D eigenvalue weighted by atomic mass is 10.3. The fraction of sp³-hybridized carbons (Fsp3) is 0.308. The van der Waals surface area contributed by atoms with Gasteiger partial charge >= 0.3 is 0 Å². The van der Waals surface area contributed by atoms with Crippen molar-refractivity contribution in [3.05, 3.63) is 41.8 Å². The molecule has 2 aromatic rings. The molecular formula is C13H17N3O3S2. The first-order valence-corrected chi connectivity index (χ1v) is 8.96. The van der Waals surface area contributed by atoms with Gasteiger partial charge < -0.3 is 10.3 Å². The van der Waals surface area contributed by atoms with E-state index in [1.807, 2.05) is 12.1 Å². The van der Waals surface area contributed by atoms with Crippen LogP contribution < -0.4 is 10.5 Å². The van der Waals surface area contributed by atoms with Crippen LogP contribution in [0.2, 0.25) is 0 Å². The normalized spacial score (nSPS) is 11.7. The molecule has 0 saturated heterocycles. The van der Waals surface area contributed by atoms with Crippen molar-refractivity contribution in [2.24, 2.45) is 0 Å². The first kappa shape index (κ1) is 15.9. The number of hydrogen-bond acceptors (Lipinski definition) is 6. The Morgan fingerprint density at radius 3 is 2.67 bits per heavy atom. The van der Waals surface area contributed by atoms with Gasteiger partial charge in [0.25, 0.3) is 0 Å². The SMILES string of the molecule is Cc1cc(CNS(=O)(=O)CCSc2ccc(N)cc2)on1. The van der Waals surface area contributed by atoms with E-state index in [1.165, 1.54) is 11.8 Å². The number of nitrogens with two attached hydrogens (primary N) is 1. The topological polar surface area (TPSA) is 98.2 Å². The fourth-order valence-corrected chi connectivity index (χ4v) is 3.87. The Kier molecular flexibility index (Phi) is 5.27. The monoisotopic (exact) mass is 327 g/mol. The van der Waals surface area contributed by atoms with E-state index < -0.39 is 10.0 Å². The summed E-state index contributed by atoms with van der Waals surface area (Å²) in [6, 6.07) is 9.03. The zero-order valence-corrected chi connectivity index (χ0v) is 13.2. The summed E-state index contributed by atoms with van der Waals surface area (Å²) in [7, 11) is -3.33. The number of thioether (sulfide) groups is 1. The van der Waals surface area contributed by atoms with Crippen LogP contribution in [0.5, 0.6) is 0 Å². The summed E-state index contributed by atoms with van der Waals surface area (Å²) in [5, 5.41) is 3.70. The van der Waals surface area contributed by atoms with Crippen LogP contribution in [-0.2, 0) is 16.6 Å². The zero-order valence-electron chi connectivity index (χ0n) is 11.6. The van der Waals surface area contributed by atoms with Crippen LogP contribution in [0, 0.1) is 6.92 Å². The highest BCUT2D eigenvalue weighted by atomic mass is 32.2. The number of hydrogen-bond donors (Lipinski definition) is 2. The van der Waals surface area contributed by atoms with Gasteiger partial charge in [-0.1, -0.05) is 5.16 Å². The number of sulfonamides is 1. The van der Waals surface area contributed by atoms with E-state index in [1.54, 1.807) is 25.1 Å². The molecule has 2 rings (SSSR count). The van der Waals surface area contributed by atoms with Crippen molar-refractivity contribution >= 4 is 27.5 Å². The molecule has 1 heterocycles. The maximum Gasteiger partial charge on any atom is 0.212 e. The first-order chi connectivity index (χ1) is 9.94. The minimum absolute atomic E-state index is 0.0369. The van der Waals surface area contributed by atoms with Crippen molar-refractivity contribution in [1.29, 1.82) is 0 Å². The van der Waals surface area contributed by atoms with Gasteiger partial charge in [-0.15, -0.1) is 11.8 Å². The van der Waals surface area contributed by atoms with Gasteiger partial charge in [-0.2, -0.15) is 0 Å². The van der Waals surface area contributed by atoms with Crippen molar-refractivity contribution in [1.82, 2.24) is 9.88 Å². The van der Waals surface area contributed by atoms with Crippen molar-refractivity contribution in [3.63, 3.8) is 0 Å². The number of benzene rings is 1. The molecule has 0 bridgehead atoms. The van der Waals surface area contributed by atoms with Gasteiger partial charge in [-0.05, 0) is 31.2 Å². The highest BCUT2D eigenvalue weighted by Gasteiger charge is 2.11. The second-order valence-corrected chi connectivity index (χ2v) is 7.59. The van der Waals surface area contributed by atoms with Crippen LogP contribution in [0.1, 0.15) is 11.5 Å². The van der Waals surface area contributed by atoms with Crippen LogP contribution >= 0.6 is 11.8 Å². The molecule has 0 radical (unpaired) electrons. The van der Waals surface area contributed by atoms with Crippen LogP contribution in [-0.4, -0.2) is 25.1 Å². The number of nitrogens with one attached hydrogen (secondary N) is 1. The molecule has 1 aromatic carbocycles. The summed E-state index contributed by atoms with van der Waals surface area (Å²) in [6.45, 7) is 1.90. The lowest BCUT2D eigenvalue weighted by Gasteiger charge is -2.05. The molecule has 6 nitrogen and oxygen atoms in total. The minimum Gasteiger partial charge on any atom is -0.399 e. The number of nitrogen functional groups attached to an aromatic ring is 1. The molecule has 0 aliphatic heterocycles. The molecule has 0 amide bonds. The Labute approximate surface area is 128 Å². The third kappa shape index (κ3) is 5.41. The zero-order chi connectivity index (χ0) is 15.3. The van der Waals surface area contributed by atoms with Gasteiger partial charge in [0.15, 0.2) is 5.76 Å². The quantitative estimate of drug-likeness (QED) is 0.594. The summed E-state index contributed by atoms with van der Waals surface area (Å²) in [4.78, 5) is 0.991. The molecule has 0 fully saturated rings. The van der Waals surface area contributed by atoms with Gasteiger partial charge in [0.1, 0.15) is 0 Å². The smallest absolute Gasteiger partial charge is 0.212 e. The molecule has 0 spiro atoms. The van der Waals surface area contributed by atoms with Crippen molar-refractivity contribution < 1.29 is 12.9 Å². The molecule has 1 aromatic heterocycles. The summed E-state index contributed by atoms with van der Waals surface area (Å²) >= 11 is 1.47. The highest BCUT2D eigenvalue weighted by Crippen LogP contribution is 2.19. The molecule has 0 saturated carbocycles. The van der Waals surface area contributed by atoms with E-state index in [9.17, 15) is 8.42 Å². The van der Waals surface area contributed by atoms with Gasteiger partial charge in [-0.25, -0.2) is 13.1 Å². The highest BCUT2D eigenvalue weighted by molar-refractivity contribution is 8.00. The number of aryl methyl sites for hydroxylation is 1. The van der Waals surface area contributed by atoms with Crippen molar-refractivity contribution in [3.8, 4) is 0 Å². The second kappa shape index (κ2) is 6.97. The number of nitrogens with zero attached hydrogens (tertiary/aromatic N) is 1. The van der Waals surface area contributed by atoms with Gasteiger partial charge in [0.2, 0.25) is 10.0 Å². The molecule has 8 heteroatoms. The third-order valence-corrected chi connectivity index (χ3v) is 5.24. The Morgan fingerprint density at radius 2 is 2.05 bits per heavy atom. The van der Waals surface area contributed by atoms with Crippen molar-refractivity contribution in [2.75, 3.05) is 17.2 Å². The molecular weight excluding hydrogens is 310 g/mol.